The number of nitrogens with zero attached hydrogens (tertiary/aromatic N) is 1. The molecule has 0 bridgehead atoms. The van der Waals surface area contributed by atoms with E-state index in [2.05, 4.69) is 5.32 Å². The minimum atomic E-state index is -0.368. The quantitative estimate of drug-likeness (QED) is 0.726. The molecule has 2 atom stereocenters. The lowest BCUT2D eigenvalue weighted by atomic mass is 9.95. The number of nitrogens with one attached hydrogen (secondary N) is 1. The topological polar surface area (TPSA) is 78.6 Å². The number of aliphatic hydroxyl groups excluding tert-OH is 1. The summed E-state index contributed by atoms with van der Waals surface area (Å²) in [4.78, 5) is 14.2. The monoisotopic (exact) mass is 277 g/mol. The molecular weight excluding hydrogens is 254 g/mol. The first-order valence-electron chi connectivity index (χ1n) is 7.13. The van der Waals surface area contributed by atoms with Gasteiger partial charge in [0.2, 0.25) is 0 Å². The van der Waals surface area contributed by atoms with E-state index < -0.39 is 0 Å². The lowest BCUT2D eigenvalue weighted by Gasteiger charge is -2.36. The van der Waals surface area contributed by atoms with Gasteiger partial charge in [-0.05, 0) is 37.5 Å². The van der Waals surface area contributed by atoms with Crippen molar-refractivity contribution in [3.05, 3.63) is 23.8 Å². The Balaban J connectivity index is 2.29. The summed E-state index contributed by atoms with van der Waals surface area (Å²) in [7, 11) is 0. The third-order valence-corrected chi connectivity index (χ3v) is 3.86. The Hall–Kier alpha value is -1.75. The van der Waals surface area contributed by atoms with Crippen molar-refractivity contribution in [3.8, 4) is 0 Å². The van der Waals surface area contributed by atoms with Crippen molar-refractivity contribution in [3.63, 3.8) is 0 Å². The molecule has 110 valence electrons. The predicted octanol–water partition coefficient (Wildman–Crippen LogP) is 1.23. The van der Waals surface area contributed by atoms with Crippen molar-refractivity contribution in [1.29, 1.82) is 0 Å². The van der Waals surface area contributed by atoms with Gasteiger partial charge in [-0.1, -0.05) is 6.92 Å². The Morgan fingerprint density at radius 2 is 2.30 bits per heavy atom. The number of aliphatic hydroxyl groups is 1. The molecule has 1 aromatic carbocycles. The molecule has 2 rings (SSSR count). The zero-order valence-corrected chi connectivity index (χ0v) is 12.1. The smallest absolute Gasteiger partial charge is 0.253 e. The van der Waals surface area contributed by atoms with E-state index in [0.717, 1.165) is 18.7 Å². The molecule has 0 saturated carbocycles. The van der Waals surface area contributed by atoms with Gasteiger partial charge in [0.1, 0.15) is 0 Å². The second-order valence-electron chi connectivity index (χ2n) is 5.42. The number of nitrogens with two attached hydrogens (primary N) is 1. The van der Waals surface area contributed by atoms with Gasteiger partial charge in [0.25, 0.3) is 5.91 Å². The number of hydrogen-bond donors (Lipinski definition) is 3. The van der Waals surface area contributed by atoms with Gasteiger partial charge in [-0.3, -0.25) is 4.79 Å². The molecular formula is C15H23N3O2. The van der Waals surface area contributed by atoms with E-state index in [4.69, 9.17) is 5.73 Å². The van der Waals surface area contributed by atoms with Crippen LogP contribution in [0.15, 0.2) is 18.2 Å². The van der Waals surface area contributed by atoms with Gasteiger partial charge in [0.05, 0.1) is 17.4 Å². The first kappa shape index (κ1) is 14.7. The lowest BCUT2D eigenvalue weighted by Crippen LogP contribution is -2.43. The molecule has 1 aliphatic heterocycles. The molecule has 1 aromatic rings. The van der Waals surface area contributed by atoms with Gasteiger partial charge in [0.15, 0.2) is 0 Å². The van der Waals surface area contributed by atoms with Crippen LogP contribution in [0.3, 0.4) is 0 Å². The molecule has 1 heterocycles. The molecule has 20 heavy (non-hydrogen) atoms. The van der Waals surface area contributed by atoms with Gasteiger partial charge in [-0.2, -0.15) is 0 Å². The van der Waals surface area contributed by atoms with Gasteiger partial charge in [0, 0.05) is 25.3 Å². The van der Waals surface area contributed by atoms with E-state index in [1.54, 1.807) is 12.1 Å². The van der Waals surface area contributed by atoms with Crippen molar-refractivity contribution in [2.24, 2.45) is 5.92 Å². The molecule has 0 spiro atoms. The van der Waals surface area contributed by atoms with Crippen molar-refractivity contribution in [2.45, 2.75) is 26.4 Å². The van der Waals surface area contributed by atoms with E-state index in [9.17, 15) is 9.90 Å². The number of amides is 1. The maximum absolute atomic E-state index is 12.1. The molecule has 1 amide bonds. The Kier molecular flexibility index (Phi) is 4.49. The number of nitrogen functional groups attached to an aromatic ring is 1. The fraction of sp³-hybridized carbons (Fsp3) is 0.533. The third-order valence-electron chi connectivity index (χ3n) is 3.86. The highest BCUT2D eigenvalue weighted by molar-refractivity contribution is 6.00. The lowest BCUT2D eigenvalue weighted by molar-refractivity contribution is 0.0949. The molecule has 1 saturated heterocycles. The van der Waals surface area contributed by atoms with E-state index in [0.29, 0.717) is 30.3 Å². The second kappa shape index (κ2) is 6.13. The van der Waals surface area contributed by atoms with E-state index in [-0.39, 0.29) is 12.0 Å². The summed E-state index contributed by atoms with van der Waals surface area (Å²) in [6.45, 7) is 5.89. The average Bonchev–Trinajstić information content (AvgIpc) is 2.42. The number of carbonyl (C=O) groups is 1. The summed E-state index contributed by atoms with van der Waals surface area (Å²) < 4.78 is 0. The number of hydrogen-bond acceptors (Lipinski definition) is 4. The Morgan fingerprint density at radius 3 is 2.95 bits per heavy atom. The molecule has 0 radical (unpaired) electrons. The van der Waals surface area contributed by atoms with Crippen LogP contribution < -0.4 is 16.0 Å². The number of carbonyl (C=O) groups excluding carboxylic acids is 1. The molecule has 5 nitrogen and oxygen atoms in total. The fourth-order valence-electron chi connectivity index (χ4n) is 2.53. The molecule has 1 aliphatic rings. The van der Waals surface area contributed by atoms with E-state index >= 15 is 0 Å². The number of β-amino-alcohol motifs (C(OH)–C–C–N with tert-alkyl or cyclic N) is 1. The summed E-state index contributed by atoms with van der Waals surface area (Å²) in [6, 6.07) is 5.30. The van der Waals surface area contributed by atoms with Gasteiger partial charge in [-0.15, -0.1) is 0 Å². The zero-order chi connectivity index (χ0) is 14.7. The number of anilines is 2. The maximum atomic E-state index is 12.1. The summed E-state index contributed by atoms with van der Waals surface area (Å²) in [6.07, 6.45) is 0.539. The summed E-state index contributed by atoms with van der Waals surface area (Å²) in [5.41, 5.74) is 7.90. The fourth-order valence-corrected chi connectivity index (χ4v) is 2.53. The van der Waals surface area contributed by atoms with Gasteiger partial charge < -0.3 is 21.1 Å². The number of piperidine rings is 1. The highest BCUT2D eigenvalue weighted by Gasteiger charge is 2.26. The minimum Gasteiger partial charge on any atom is -0.399 e. The standard InChI is InChI=1S/C15H23N3O2/c1-3-17-15(20)12-5-4-11(16)8-13(12)18-7-6-10(2)14(19)9-18/h4-5,8,10,14,19H,3,6-7,9,16H2,1-2H3,(H,17,20). The van der Waals surface area contributed by atoms with E-state index in [1.165, 1.54) is 0 Å². The summed E-state index contributed by atoms with van der Waals surface area (Å²) in [5, 5.41) is 12.8. The first-order chi connectivity index (χ1) is 9.52. The molecule has 2 unspecified atom stereocenters. The van der Waals surface area contributed by atoms with E-state index in [1.807, 2.05) is 24.8 Å². The maximum Gasteiger partial charge on any atom is 0.253 e. The van der Waals surface area contributed by atoms with Crippen LogP contribution in [0.1, 0.15) is 30.6 Å². The highest BCUT2D eigenvalue weighted by Crippen LogP contribution is 2.28. The van der Waals surface area contributed by atoms with Crippen LogP contribution in [0, 0.1) is 5.92 Å². The van der Waals surface area contributed by atoms with Crippen molar-refractivity contribution >= 4 is 17.3 Å². The van der Waals surface area contributed by atoms with Crippen LogP contribution in [-0.4, -0.2) is 36.8 Å². The average molecular weight is 277 g/mol. The van der Waals surface area contributed by atoms with Crippen LogP contribution in [0.5, 0.6) is 0 Å². The summed E-state index contributed by atoms with van der Waals surface area (Å²) in [5.74, 6) is 0.191. The number of benzene rings is 1. The molecule has 4 N–H and O–H groups in total. The Labute approximate surface area is 119 Å². The zero-order valence-electron chi connectivity index (χ0n) is 12.1. The minimum absolute atomic E-state index is 0.101. The molecule has 0 aromatic heterocycles. The second-order valence-corrected chi connectivity index (χ2v) is 5.42. The van der Waals surface area contributed by atoms with Gasteiger partial charge in [-0.25, -0.2) is 0 Å². The van der Waals surface area contributed by atoms with Crippen LogP contribution >= 0.6 is 0 Å². The Bertz CT molecular complexity index is 490. The van der Waals surface area contributed by atoms with Crippen molar-refractivity contribution in [1.82, 2.24) is 5.32 Å². The largest absolute Gasteiger partial charge is 0.399 e. The van der Waals surface area contributed by atoms with Crippen LogP contribution in [0.4, 0.5) is 11.4 Å². The molecule has 0 aliphatic carbocycles. The SMILES string of the molecule is CCNC(=O)c1ccc(N)cc1N1CCC(C)C(O)C1. The summed E-state index contributed by atoms with van der Waals surface area (Å²) >= 11 is 0. The predicted molar refractivity (Wildman–Crippen MR) is 80.9 cm³/mol. The highest BCUT2D eigenvalue weighted by atomic mass is 16.3. The van der Waals surface area contributed by atoms with Crippen LogP contribution in [0.2, 0.25) is 0 Å². The number of rotatable bonds is 3. The molecule has 5 heteroatoms. The van der Waals surface area contributed by atoms with Crippen LogP contribution in [-0.2, 0) is 0 Å². The molecule has 1 fully saturated rings. The first-order valence-corrected chi connectivity index (χ1v) is 7.13. The van der Waals surface area contributed by atoms with Gasteiger partial charge >= 0.3 is 0 Å². The van der Waals surface area contributed by atoms with Crippen LogP contribution in [0.25, 0.3) is 0 Å². The Morgan fingerprint density at radius 1 is 1.55 bits per heavy atom. The van der Waals surface area contributed by atoms with Crippen molar-refractivity contribution < 1.29 is 9.90 Å². The normalized spacial score (nSPS) is 22.6. The van der Waals surface area contributed by atoms with Crippen molar-refractivity contribution in [2.75, 3.05) is 30.3 Å². The third kappa shape index (κ3) is 3.04.